The van der Waals surface area contributed by atoms with Gasteiger partial charge in [-0.05, 0) is 42.7 Å². The summed E-state index contributed by atoms with van der Waals surface area (Å²) in [5, 5.41) is 9.54. The summed E-state index contributed by atoms with van der Waals surface area (Å²) < 4.78 is 6.25. The summed E-state index contributed by atoms with van der Waals surface area (Å²) in [6.07, 6.45) is 0.554. The molecule has 0 saturated heterocycles. The Hall–Kier alpha value is -2.58. The van der Waals surface area contributed by atoms with Crippen LogP contribution in [-0.4, -0.2) is 17.8 Å². The smallest absolute Gasteiger partial charge is 0.124 e. The first-order valence-electron chi connectivity index (χ1n) is 9.13. The maximum atomic E-state index is 9.54. The molecule has 0 amide bonds. The van der Waals surface area contributed by atoms with Crippen molar-refractivity contribution in [3.63, 3.8) is 0 Å². The van der Waals surface area contributed by atoms with Crippen molar-refractivity contribution < 1.29 is 9.84 Å². The lowest BCUT2D eigenvalue weighted by Gasteiger charge is -2.20. The topological polar surface area (TPSA) is 29.5 Å². The Balaban J connectivity index is 1.86. The molecule has 3 aromatic rings. The number of hydrogen-bond acceptors (Lipinski definition) is 2. The molecule has 4 rings (SSSR count). The fourth-order valence-corrected chi connectivity index (χ4v) is 3.79. The number of fused-ring (bicyclic) bond motifs is 1. The monoisotopic (exact) mass is 343 g/mol. The molecule has 131 valence electrons. The van der Waals surface area contributed by atoms with Gasteiger partial charge in [0.15, 0.2) is 0 Å². The molecule has 0 spiro atoms. The average molecular weight is 343 g/mol. The van der Waals surface area contributed by atoms with E-state index in [9.17, 15) is 5.11 Å². The van der Waals surface area contributed by atoms with E-state index >= 15 is 0 Å². The molecule has 1 N–H and O–H groups in total. The number of hydrogen-bond donors (Lipinski definition) is 1. The molecule has 2 heteroatoms. The highest BCUT2D eigenvalue weighted by Gasteiger charge is 2.37. The highest BCUT2D eigenvalue weighted by molar-refractivity contribution is 5.73. The fourth-order valence-electron chi connectivity index (χ4n) is 3.79. The van der Waals surface area contributed by atoms with E-state index in [1.807, 2.05) is 12.1 Å². The molecule has 1 aliphatic heterocycles. The average Bonchev–Trinajstić information content (AvgIpc) is 3.02. The highest BCUT2D eigenvalue weighted by Crippen LogP contribution is 2.47. The lowest BCUT2D eigenvalue weighted by Crippen LogP contribution is -2.21. The molecule has 2 unspecified atom stereocenters. The Morgan fingerprint density at radius 1 is 0.923 bits per heavy atom. The maximum Gasteiger partial charge on any atom is 0.124 e. The minimum Gasteiger partial charge on any atom is -0.489 e. The van der Waals surface area contributed by atoms with E-state index in [0.717, 1.165) is 16.9 Å². The SMILES string of the molecule is Cc1ccc(-c2[c]ccc3c2C(c2ccc(C)cc2)C(CCO)O3)cc1. The van der Waals surface area contributed by atoms with Crippen LogP contribution < -0.4 is 4.74 Å². The van der Waals surface area contributed by atoms with Gasteiger partial charge in [-0.1, -0.05) is 65.7 Å². The van der Waals surface area contributed by atoms with Crippen LogP contribution >= 0.6 is 0 Å². The molecule has 0 bridgehead atoms. The first kappa shape index (κ1) is 16.9. The normalized spacial score (nSPS) is 18.4. The van der Waals surface area contributed by atoms with E-state index in [1.54, 1.807) is 0 Å². The van der Waals surface area contributed by atoms with Gasteiger partial charge in [-0.2, -0.15) is 0 Å². The molecular weight excluding hydrogens is 320 g/mol. The molecule has 1 aliphatic rings. The lowest BCUT2D eigenvalue weighted by atomic mass is 9.82. The van der Waals surface area contributed by atoms with E-state index in [-0.39, 0.29) is 18.6 Å². The molecule has 1 radical (unpaired) electrons. The molecule has 1 heterocycles. The zero-order valence-corrected chi connectivity index (χ0v) is 15.2. The quantitative estimate of drug-likeness (QED) is 0.718. The van der Waals surface area contributed by atoms with Crippen LogP contribution in [0.5, 0.6) is 5.75 Å². The molecule has 0 aliphatic carbocycles. The van der Waals surface area contributed by atoms with Gasteiger partial charge >= 0.3 is 0 Å². The number of rotatable bonds is 4. The number of aryl methyl sites for hydroxylation is 2. The molecular formula is C24H23O2. The Morgan fingerprint density at radius 3 is 2.23 bits per heavy atom. The third-order valence-corrected chi connectivity index (χ3v) is 5.15. The van der Waals surface area contributed by atoms with Gasteiger partial charge in [0.2, 0.25) is 0 Å². The van der Waals surface area contributed by atoms with Crippen molar-refractivity contribution in [3.8, 4) is 16.9 Å². The van der Waals surface area contributed by atoms with Gasteiger partial charge in [0.1, 0.15) is 11.9 Å². The Labute approximate surface area is 155 Å². The van der Waals surface area contributed by atoms with Crippen LogP contribution in [0.2, 0.25) is 0 Å². The van der Waals surface area contributed by atoms with Crippen LogP contribution in [0.15, 0.2) is 60.7 Å². The van der Waals surface area contributed by atoms with Crippen molar-refractivity contribution in [2.45, 2.75) is 32.3 Å². The van der Waals surface area contributed by atoms with Crippen LogP contribution in [0.1, 0.15) is 34.6 Å². The fraction of sp³-hybridized carbons (Fsp3) is 0.250. The number of aliphatic hydroxyl groups is 1. The second kappa shape index (κ2) is 6.97. The van der Waals surface area contributed by atoms with Gasteiger partial charge in [0.25, 0.3) is 0 Å². The zero-order valence-electron chi connectivity index (χ0n) is 15.2. The summed E-state index contributed by atoms with van der Waals surface area (Å²) in [5.41, 5.74) is 7.13. The third kappa shape index (κ3) is 3.02. The molecule has 0 saturated carbocycles. The van der Waals surface area contributed by atoms with Crippen molar-refractivity contribution in [1.29, 1.82) is 0 Å². The number of benzene rings is 3. The number of ether oxygens (including phenoxy) is 1. The zero-order chi connectivity index (χ0) is 18.1. The summed E-state index contributed by atoms with van der Waals surface area (Å²) in [7, 11) is 0. The van der Waals surface area contributed by atoms with Crippen molar-refractivity contribution in [2.75, 3.05) is 6.61 Å². The number of aliphatic hydroxyl groups excluding tert-OH is 1. The molecule has 3 aromatic carbocycles. The van der Waals surface area contributed by atoms with Gasteiger partial charge in [0, 0.05) is 18.6 Å². The van der Waals surface area contributed by atoms with Crippen LogP contribution in [0.3, 0.4) is 0 Å². The standard InChI is InChI=1S/C24H23O2/c1-16-6-10-18(11-7-16)20-4-3-5-21-24(20)23(22(26-21)14-15-25)19-12-8-17(2)9-13-19/h3,5-13,22-23,25H,14-15H2,1-2H3. The minimum atomic E-state index is -0.0577. The minimum absolute atomic E-state index is 0.0577. The maximum absolute atomic E-state index is 9.54. The van der Waals surface area contributed by atoms with Crippen molar-refractivity contribution >= 4 is 0 Å². The first-order valence-corrected chi connectivity index (χ1v) is 9.13. The Kier molecular flexibility index (Phi) is 4.52. The Morgan fingerprint density at radius 2 is 1.58 bits per heavy atom. The van der Waals surface area contributed by atoms with Crippen LogP contribution in [0.4, 0.5) is 0 Å². The third-order valence-electron chi connectivity index (χ3n) is 5.15. The lowest BCUT2D eigenvalue weighted by molar-refractivity contribution is 0.164. The predicted molar refractivity (Wildman–Crippen MR) is 105 cm³/mol. The van der Waals surface area contributed by atoms with Crippen LogP contribution in [-0.2, 0) is 0 Å². The van der Waals surface area contributed by atoms with Crippen LogP contribution in [0, 0.1) is 19.9 Å². The van der Waals surface area contributed by atoms with Gasteiger partial charge in [-0.3, -0.25) is 0 Å². The van der Waals surface area contributed by atoms with E-state index < -0.39 is 0 Å². The summed E-state index contributed by atoms with van der Waals surface area (Å²) in [5.74, 6) is 1.01. The van der Waals surface area contributed by atoms with Gasteiger partial charge in [0.05, 0.1) is 5.92 Å². The highest BCUT2D eigenvalue weighted by atomic mass is 16.5. The van der Waals surface area contributed by atoms with E-state index in [1.165, 1.54) is 22.3 Å². The second-order valence-corrected chi connectivity index (χ2v) is 7.05. The molecule has 0 fully saturated rings. The molecule has 2 atom stereocenters. The molecule has 2 nitrogen and oxygen atoms in total. The Bertz CT molecular complexity index is 894. The summed E-state index contributed by atoms with van der Waals surface area (Å²) in [6.45, 7) is 4.31. The largest absolute Gasteiger partial charge is 0.489 e. The van der Waals surface area contributed by atoms with Crippen LogP contribution in [0.25, 0.3) is 11.1 Å². The summed E-state index contributed by atoms with van der Waals surface area (Å²) in [6, 6.07) is 24.5. The van der Waals surface area contributed by atoms with Crippen molar-refractivity contribution in [2.24, 2.45) is 0 Å². The molecule has 0 aromatic heterocycles. The summed E-state index contributed by atoms with van der Waals surface area (Å²) >= 11 is 0. The van der Waals surface area contributed by atoms with E-state index in [2.05, 4.69) is 68.4 Å². The van der Waals surface area contributed by atoms with E-state index in [0.29, 0.717) is 6.42 Å². The first-order chi connectivity index (χ1) is 12.7. The second-order valence-electron chi connectivity index (χ2n) is 7.05. The van der Waals surface area contributed by atoms with Crippen molar-refractivity contribution in [1.82, 2.24) is 0 Å². The van der Waals surface area contributed by atoms with Crippen molar-refractivity contribution in [3.05, 3.63) is 89.0 Å². The predicted octanol–water partition coefficient (Wildman–Crippen LogP) is 5.05. The van der Waals surface area contributed by atoms with Gasteiger partial charge in [-0.25, -0.2) is 0 Å². The van der Waals surface area contributed by atoms with Gasteiger partial charge in [-0.15, -0.1) is 0 Å². The summed E-state index contributed by atoms with van der Waals surface area (Å²) in [4.78, 5) is 0. The van der Waals surface area contributed by atoms with E-state index in [4.69, 9.17) is 4.74 Å². The van der Waals surface area contributed by atoms with Gasteiger partial charge < -0.3 is 9.84 Å². The molecule has 26 heavy (non-hydrogen) atoms.